The molecule has 0 fully saturated rings. The van der Waals surface area contributed by atoms with Crippen LogP contribution in [0.3, 0.4) is 0 Å². The van der Waals surface area contributed by atoms with Crippen LogP contribution in [0, 0.1) is 20.2 Å². The number of hydrogen-bond acceptors (Lipinski definition) is 7. The van der Waals surface area contributed by atoms with Crippen LogP contribution in [0.4, 0.5) is 16.2 Å². The normalized spacial score (nSPS) is 9.85. The van der Waals surface area contributed by atoms with E-state index in [9.17, 15) is 25.0 Å². The molecule has 1 aromatic carbocycles. The Morgan fingerprint density at radius 3 is 2.50 bits per heavy atom. The van der Waals surface area contributed by atoms with Gasteiger partial charge in [-0.05, 0) is 12.5 Å². The van der Waals surface area contributed by atoms with E-state index < -0.39 is 33.1 Å². The van der Waals surface area contributed by atoms with Crippen LogP contribution >= 0.6 is 0 Å². The van der Waals surface area contributed by atoms with Gasteiger partial charge in [-0.1, -0.05) is 13.3 Å². The Hall–Kier alpha value is -2.71. The van der Waals surface area contributed by atoms with E-state index in [4.69, 9.17) is 0 Å². The Morgan fingerprint density at radius 2 is 1.95 bits per heavy atom. The van der Waals surface area contributed by atoms with E-state index in [0.717, 1.165) is 18.6 Å². The van der Waals surface area contributed by atoms with Crippen molar-refractivity contribution in [3.05, 3.63) is 38.4 Å². The fourth-order valence-corrected chi connectivity index (χ4v) is 1.27. The summed E-state index contributed by atoms with van der Waals surface area (Å²) in [6.45, 7) is 2.03. The lowest BCUT2D eigenvalue weighted by molar-refractivity contribution is -0.394. The van der Waals surface area contributed by atoms with Crippen LogP contribution in [0.1, 0.15) is 19.8 Å². The molecule has 0 aliphatic heterocycles. The van der Waals surface area contributed by atoms with Crippen LogP contribution in [0.15, 0.2) is 18.2 Å². The standard InChI is InChI=1S/C11H12N2O7/c1-2-3-6-19-11(14)20-10-5-4-8(12(15)16)7-9(10)13(17)18/h4-5,7H,2-3,6H2,1H3. The van der Waals surface area contributed by atoms with Gasteiger partial charge in [0, 0.05) is 6.07 Å². The number of non-ortho nitro benzene ring substituents is 1. The second-order valence-corrected chi connectivity index (χ2v) is 3.72. The summed E-state index contributed by atoms with van der Waals surface area (Å²) in [5.41, 5.74) is -1.14. The van der Waals surface area contributed by atoms with Gasteiger partial charge in [-0.25, -0.2) is 4.79 Å². The molecule has 0 aliphatic carbocycles. The molecule has 0 saturated carbocycles. The van der Waals surface area contributed by atoms with E-state index in [1.165, 1.54) is 0 Å². The molecule has 0 radical (unpaired) electrons. The molecular formula is C11H12N2O7. The van der Waals surface area contributed by atoms with Crippen LogP contribution in [-0.2, 0) is 4.74 Å². The van der Waals surface area contributed by atoms with Crippen LogP contribution in [-0.4, -0.2) is 22.6 Å². The highest BCUT2D eigenvalue weighted by Gasteiger charge is 2.23. The number of hydrogen-bond donors (Lipinski definition) is 0. The molecule has 0 N–H and O–H groups in total. The average Bonchev–Trinajstić information content (AvgIpc) is 2.38. The number of nitro groups is 2. The molecule has 0 saturated heterocycles. The SMILES string of the molecule is CCCCOC(=O)Oc1ccc([N+](=O)[O-])cc1[N+](=O)[O-]. The number of carbonyl (C=O) groups excluding carboxylic acids is 1. The maximum atomic E-state index is 11.3. The van der Waals surface area contributed by atoms with Gasteiger partial charge in [0.15, 0.2) is 0 Å². The van der Waals surface area contributed by atoms with Crippen molar-refractivity contribution in [2.75, 3.05) is 6.61 Å². The van der Waals surface area contributed by atoms with Gasteiger partial charge < -0.3 is 9.47 Å². The highest BCUT2D eigenvalue weighted by atomic mass is 16.7. The first-order valence-corrected chi connectivity index (χ1v) is 5.73. The summed E-state index contributed by atoms with van der Waals surface area (Å²) >= 11 is 0. The molecule has 0 amide bonds. The molecule has 20 heavy (non-hydrogen) atoms. The molecule has 9 heteroatoms. The molecule has 0 aromatic heterocycles. The number of benzene rings is 1. The van der Waals surface area contributed by atoms with E-state index in [2.05, 4.69) is 9.47 Å². The Morgan fingerprint density at radius 1 is 1.25 bits per heavy atom. The topological polar surface area (TPSA) is 122 Å². The number of carbonyl (C=O) groups is 1. The lowest BCUT2D eigenvalue weighted by Crippen LogP contribution is -2.12. The van der Waals surface area contributed by atoms with Gasteiger partial charge in [-0.2, -0.15) is 0 Å². The summed E-state index contributed by atoms with van der Waals surface area (Å²) in [6, 6.07) is 2.70. The van der Waals surface area contributed by atoms with Gasteiger partial charge in [0.1, 0.15) is 0 Å². The van der Waals surface area contributed by atoms with Crippen molar-refractivity contribution in [2.45, 2.75) is 19.8 Å². The minimum Gasteiger partial charge on any atom is -0.434 e. The van der Waals surface area contributed by atoms with Crippen molar-refractivity contribution in [2.24, 2.45) is 0 Å². The Labute approximate surface area is 113 Å². The first kappa shape index (κ1) is 15.3. The maximum absolute atomic E-state index is 11.3. The van der Waals surface area contributed by atoms with Gasteiger partial charge in [-0.3, -0.25) is 20.2 Å². The van der Waals surface area contributed by atoms with E-state index in [-0.39, 0.29) is 6.61 Å². The zero-order chi connectivity index (χ0) is 15.1. The third-order valence-electron chi connectivity index (χ3n) is 2.26. The molecular weight excluding hydrogens is 272 g/mol. The molecule has 1 aromatic rings. The van der Waals surface area contributed by atoms with Crippen LogP contribution < -0.4 is 4.74 Å². The van der Waals surface area contributed by atoms with Gasteiger partial charge in [0.25, 0.3) is 5.69 Å². The number of nitro benzene ring substituents is 2. The summed E-state index contributed by atoms with van der Waals surface area (Å²) in [7, 11) is 0. The predicted octanol–water partition coefficient (Wildman–Crippen LogP) is 2.82. The molecule has 0 unspecified atom stereocenters. The number of unbranched alkanes of at least 4 members (excludes halogenated alkanes) is 1. The Kier molecular flexibility index (Phi) is 5.39. The zero-order valence-electron chi connectivity index (χ0n) is 10.6. The highest BCUT2D eigenvalue weighted by Crippen LogP contribution is 2.31. The Bertz CT molecular complexity index is 530. The highest BCUT2D eigenvalue weighted by molar-refractivity contribution is 5.67. The maximum Gasteiger partial charge on any atom is 0.514 e. The molecule has 9 nitrogen and oxygen atoms in total. The largest absolute Gasteiger partial charge is 0.514 e. The smallest absolute Gasteiger partial charge is 0.434 e. The Balaban J connectivity index is 2.86. The van der Waals surface area contributed by atoms with Gasteiger partial charge >= 0.3 is 11.8 Å². The lowest BCUT2D eigenvalue weighted by Gasteiger charge is -2.05. The minimum absolute atomic E-state index is 0.135. The molecule has 0 atom stereocenters. The van der Waals surface area contributed by atoms with E-state index >= 15 is 0 Å². The number of ether oxygens (including phenoxy) is 2. The fourth-order valence-electron chi connectivity index (χ4n) is 1.27. The summed E-state index contributed by atoms with van der Waals surface area (Å²) in [6.07, 6.45) is 0.359. The van der Waals surface area contributed by atoms with E-state index in [1.54, 1.807) is 0 Å². The molecule has 1 rings (SSSR count). The lowest BCUT2D eigenvalue weighted by atomic mass is 10.2. The second kappa shape index (κ2) is 7.02. The summed E-state index contributed by atoms with van der Waals surface area (Å²) < 4.78 is 9.34. The monoisotopic (exact) mass is 284 g/mol. The van der Waals surface area contributed by atoms with Gasteiger partial charge in [-0.15, -0.1) is 0 Å². The molecule has 0 spiro atoms. The minimum atomic E-state index is -1.09. The zero-order valence-corrected chi connectivity index (χ0v) is 10.6. The quantitative estimate of drug-likeness (QED) is 0.259. The molecule has 0 bridgehead atoms. The van der Waals surface area contributed by atoms with Crippen molar-refractivity contribution in [1.29, 1.82) is 0 Å². The fraction of sp³-hybridized carbons (Fsp3) is 0.364. The van der Waals surface area contributed by atoms with Gasteiger partial charge in [0.05, 0.1) is 22.5 Å². The van der Waals surface area contributed by atoms with E-state index in [1.807, 2.05) is 6.92 Å². The van der Waals surface area contributed by atoms with Crippen molar-refractivity contribution in [3.63, 3.8) is 0 Å². The third-order valence-corrected chi connectivity index (χ3v) is 2.26. The van der Waals surface area contributed by atoms with Crippen molar-refractivity contribution < 1.29 is 24.1 Å². The number of nitrogens with zero attached hydrogens (tertiary/aromatic N) is 2. The molecule has 108 valence electrons. The van der Waals surface area contributed by atoms with Crippen molar-refractivity contribution in [1.82, 2.24) is 0 Å². The average molecular weight is 284 g/mol. The van der Waals surface area contributed by atoms with Crippen molar-refractivity contribution in [3.8, 4) is 5.75 Å². The first-order valence-electron chi connectivity index (χ1n) is 5.73. The molecule has 0 heterocycles. The number of rotatable bonds is 6. The third kappa shape index (κ3) is 4.19. The van der Waals surface area contributed by atoms with Crippen molar-refractivity contribution >= 4 is 17.5 Å². The van der Waals surface area contributed by atoms with E-state index in [0.29, 0.717) is 12.5 Å². The van der Waals surface area contributed by atoms with Crippen LogP contribution in [0.25, 0.3) is 0 Å². The molecule has 0 aliphatic rings. The summed E-state index contributed by atoms with van der Waals surface area (Å²) in [5.74, 6) is -0.401. The second-order valence-electron chi connectivity index (χ2n) is 3.72. The first-order chi connectivity index (χ1) is 9.45. The summed E-state index contributed by atoms with van der Waals surface area (Å²) in [4.78, 5) is 30.9. The van der Waals surface area contributed by atoms with Crippen LogP contribution in [0.2, 0.25) is 0 Å². The summed E-state index contributed by atoms with van der Waals surface area (Å²) in [5, 5.41) is 21.3. The predicted molar refractivity (Wildman–Crippen MR) is 66.6 cm³/mol. The van der Waals surface area contributed by atoms with Gasteiger partial charge in [0.2, 0.25) is 5.75 Å². The van der Waals surface area contributed by atoms with Crippen LogP contribution in [0.5, 0.6) is 5.75 Å².